The minimum absolute atomic E-state index is 0.0558. The first kappa shape index (κ1) is 19.9. The Morgan fingerprint density at radius 2 is 1.62 bits per heavy atom. The lowest BCUT2D eigenvalue weighted by atomic mass is 9.98. The molecule has 0 N–H and O–H groups in total. The summed E-state index contributed by atoms with van der Waals surface area (Å²) in [4.78, 5) is 29.9. The molecule has 0 bridgehead atoms. The van der Waals surface area contributed by atoms with Gasteiger partial charge in [0.1, 0.15) is 18.4 Å². The summed E-state index contributed by atoms with van der Waals surface area (Å²) in [5, 5.41) is 0.661. The van der Waals surface area contributed by atoms with Crippen molar-refractivity contribution in [1.82, 2.24) is 9.80 Å². The molecule has 6 heteroatoms. The van der Waals surface area contributed by atoms with Crippen LogP contribution in [0.4, 0.5) is 4.39 Å². The van der Waals surface area contributed by atoms with Crippen LogP contribution in [0.2, 0.25) is 5.02 Å². The van der Waals surface area contributed by atoms with Crippen LogP contribution in [0, 0.1) is 5.82 Å². The second kappa shape index (κ2) is 8.54. The van der Waals surface area contributed by atoms with Gasteiger partial charge in [0, 0.05) is 17.6 Å². The SMILES string of the molecule is O=C1[C@H](c2ccc(F)cc2)N(CCc2ccc(Cl)cc2)C(=O)CN1C1CCCC1. The Kier molecular flexibility index (Phi) is 5.86. The molecular formula is C23H24ClFN2O2. The van der Waals surface area contributed by atoms with Gasteiger partial charge in [0.2, 0.25) is 5.91 Å². The molecule has 0 radical (unpaired) electrons. The van der Waals surface area contributed by atoms with Gasteiger partial charge in [-0.3, -0.25) is 9.59 Å². The van der Waals surface area contributed by atoms with E-state index in [2.05, 4.69) is 0 Å². The molecule has 4 rings (SSSR count). The summed E-state index contributed by atoms with van der Waals surface area (Å²) in [5.74, 6) is -0.470. The van der Waals surface area contributed by atoms with Crippen molar-refractivity contribution in [1.29, 1.82) is 0 Å². The number of hydrogen-bond donors (Lipinski definition) is 0. The number of piperazine rings is 1. The zero-order valence-corrected chi connectivity index (χ0v) is 16.9. The first-order valence-electron chi connectivity index (χ1n) is 10.1. The zero-order chi connectivity index (χ0) is 20.4. The normalized spacial score (nSPS) is 20.6. The van der Waals surface area contributed by atoms with E-state index in [1.165, 1.54) is 12.1 Å². The van der Waals surface area contributed by atoms with Crippen molar-refractivity contribution in [2.45, 2.75) is 44.2 Å². The zero-order valence-electron chi connectivity index (χ0n) is 16.2. The highest BCUT2D eigenvalue weighted by molar-refractivity contribution is 6.30. The van der Waals surface area contributed by atoms with E-state index in [1.54, 1.807) is 21.9 Å². The second-order valence-electron chi connectivity index (χ2n) is 7.82. The lowest BCUT2D eigenvalue weighted by Crippen LogP contribution is -2.58. The third-order valence-corrected chi connectivity index (χ3v) is 6.21. The molecule has 2 aromatic rings. The van der Waals surface area contributed by atoms with E-state index in [0.717, 1.165) is 31.2 Å². The van der Waals surface area contributed by atoms with Gasteiger partial charge in [0.05, 0.1) is 0 Å². The first-order valence-corrected chi connectivity index (χ1v) is 10.5. The minimum Gasteiger partial charge on any atom is -0.328 e. The summed E-state index contributed by atoms with van der Waals surface area (Å²) < 4.78 is 13.5. The van der Waals surface area contributed by atoms with Gasteiger partial charge in [-0.25, -0.2) is 4.39 Å². The summed E-state index contributed by atoms with van der Waals surface area (Å²) in [5.41, 5.74) is 1.70. The van der Waals surface area contributed by atoms with Crippen LogP contribution in [0.1, 0.15) is 42.9 Å². The van der Waals surface area contributed by atoms with E-state index in [1.807, 2.05) is 24.3 Å². The van der Waals surface area contributed by atoms with Gasteiger partial charge >= 0.3 is 0 Å². The fourth-order valence-electron chi connectivity index (χ4n) is 4.40. The fraction of sp³-hybridized carbons (Fsp3) is 0.391. The lowest BCUT2D eigenvalue weighted by Gasteiger charge is -2.43. The van der Waals surface area contributed by atoms with Crippen LogP contribution in [-0.4, -0.2) is 40.7 Å². The maximum Gasteiger partial charge on any atom is 0.250 e. The number of halogens is 2. The molecule has 0 spiro atoms. The molecular weight excluding hydrogens is 391 g/mol. The molecule has 152 valence electrons. The molecule has 29 heavy (non-hydrogen) atoms. The quantitative estimate of drug-likeness (QED) is 0.728. The average molecular weight is 415 g/mol. The number of amides is 2. The summed E-state index contributed by atoms with van der Waals surface area (Å²) in [6.07, 6.45) is 4.69. The van der Waals surface area contributed by atoms with Crippen LogP contribution >= 0.6 is 11.6 Å². The highest BCUT2D eigenvalue weighted by Crippen LogP contribution is 2.33. The molecule has 1 heterocycles. The van der Waals surface area contributed by atoms with Crippen LogP contribution in [0.25, 0.3) is 0 Å². The van der Waals surface area contributed by atoms with Crippen molar-refractivity contribution < 1.29 is 14.0 Å². The van der Waals surface area contributed by atoms with Crippen molar-refractivity contribution >= 4 is 23.4 Å². The summed E-state index contributed by atoms with van der Waals surface area (Å²) in [7, 11) is 0. The predicted octanol–water partition coefficient (Wildman–Crippen LogP) is 4.38. The summed E-state index contributed by atoms with van der Waals surface area (Å²) >= 11 is 5.95. The Balaban J connectivity index is 1.60. The third-order valence-electron chi connectivity index (χ3n) is 5.96. The number of carbonyl (C=O) groups is 2. The van der Waals surface area contributed by atoms with Crippen molar-refractivity contribution in [2.75, 3.05) is 13.1 Å². The Morgan fingerprint density at radius 1 is 0.966 bits per heavy atom. The van der Waals surface area contributed by atoms with Gasteiger partial charge < -0.3 is 9.80 Å². The standard InChI is InChI=1S/C23H24ClFN2O2/c24-18-9-5-16(6-10-18)13-14-26-21(28)15-27(20-3-1-2-4-20)23(29)22(26)17-7-11-19(25)12-8-17/h5-12,20,22H,1-4,13-15H2/t22-/m0/s1. The van der Waals surface area contributed by atoms with Gasteiger partial charge in [0.25, 0.3) is 5.91 Å². The molecule has 2 aliphatic rings. The summed E-state index contributed by atoms with van der Waals surface area (Å²) in [6, 6.07) is 12.8. The highest BCUT2D eigenvalue weighted by Gasteiger charge is 2.43. The number of hydrogen-bond acceptors (Lipinski definition) is 2. The van der Waals surface area contributed by atoms with Crippen LogP contribution in [0.15, 0.2) is 48.5 Å². The van der Waals surface area contributed by atoms with Crippen molar-refractivity contribution in [3.8, 4) is 0 Å². The van der Waals surface area contributed by atoms with Crippen molar-refractivity contribution in [2.24, 2.45) is 0 Å². The maximum absolute atomic E-state index is 13.5. The molecule has 0 unspecified atom stereocenters. The molecule has 2 amide bonds. The van der Waals surface area contributed by atoms with Gasteiger partial charge in [-0.05, 0) is 54.7 Å². The number of carbonyl (C=O) groups excluding carboxylic acids is 2. The molecule has 1 aliphatic carbocycles. The van der Waals surface area contributed by atoms with Crippen LogP contribution in [-0.2, 0) is 16.0 Å². The summed E-state index contributed by atoms with van der Waals surface area (Å²) in [6.45, 7) is 0.550. The molecule has 0 aromatic heterocycles. The molecule has 2 aromatic carbocycles. The lowest BCUT2D eigenvalue weighted by molar-refractivity contribution is -0.158. The molecule has 1 atom stereocenters. The van der Waals surface area contributed by atoms with Crippen molar-refractivity contribution in [3.63, 3.8) is 0 Å². The largest absolute Gasteiger partial charge is 0.328 e. The highest BCUT2D eigenvalue weighted by atomic mass is 35.5. The molecule has 4 nitrogen and oxygen atoms in total. The topological polar surface area (TPSA) is 40.6 Å². The number of rotatable bonds is 5. The van der Waals surface area contributed by atoms with Crippen molar-refractivity contribution in [3.05, 3.63) is 70.5 Å². The smallest absolute Gasteiger partial charge is 0.250 e. The third kappa shape index (κ3) is 4.30. The fourth-order valence-corrected chi connectivity index (χ4v) is 4.52. The number of benzene rings is 2. The van der Waals surface area contributed by atoms with E-state index in [-0.39, 0.29) is 30.2 Å². The van der Waals surface area contributed by atoms with E-state index >= 15 is 0 Å². The van der Waals surface area contributed by atoms with Gasteiger partial charge in [-0.2, -0.15) is 0 Å². The second-order valence-corrected chi connectivity index (χ2v) is 8.26. The monoisotopic (exact) mass is 414 g/mol. The molecule has 2 fully saturated rings. The Bertz CT molecular complexity index is 879. The maximum atomic E-state index is 13.5. The van der Waals surface area contributed by atoms with Gasteiger partial charge in [0.15, 0.2) is 0 Å². The predicted molar refractivity (Wildman–Crippen MR) is 110 cm³/mol. The molecule has 1 saturated carbocycles. The van der Waals surface area contributed by atoms with E-state index in [9.17, 15) is 14.0 Å². The van der Waals surface area contributed by atoms with E-state index in [0.29, 0.717) is 23.6 Å². The van der Waals surface area contributed by atoms with E-state index in [4.69, 9.17) is 11.6 Å². The molecule has 1 saturated heterocycles. The van der Waals surface area contributed by atoms with Crippen LogP contribution in [0.3, 0.4) is 0 Å². The first-order chi connectivity index (χ1) is 14.0. The Morgan fingerprint density at radius 3 is 2.28 bits per heavy atom. The van der Waals surface area contributed by atoms with Gasteiger partial charge in [-0.15, -0.1) is 0 Å². The average Bonchev–Trinajstić information content (AvgIpc) is 3.25. The van der Waals surface area contributed by atoms with E-state index < -0.39 is 6.04 Å². The minimum atomic E-state index is -0.704. The van der Waals surface area contributed by atoms with Crippen LogP contribution < -0.4 is 0 Å². The number of nitrogens with zero attached hydrogens (tertiary/aromatic N) is 2. The van der Waals surface area contributed by atoms with Crippen LogP contribution in [0.5, 0.6) is 0 Å². The van der Waals surface area contributed by atoms with Gasteiger partial charge in [-0.1, -0.05) is 48.7 Å². The molecule has 1 aliphatic heterocycles. The Hall–Kier alpha value is -2.40. The Labute approximate surface area is 175 Å².